The van der Waals surface area contributed by atoms with Crippen LogP contribution in [-0.2, 0) is 4.79 Å². The maximum absolute atomic E-state index is 11.7. The summed E-state index contributed by atoms with van der Waals surface area (Å²) in [5, 5.41) is 2.88. The highest BCUT2D eigenvalue weighted by Gasteiger charge is 2.17. The Labute approximate surface area is 133 Å². The second-order valence-corrected chi connectivity index (χ2v) is 6.24. The Hall–Kier alpha value is -1.46. The molecule has 0 saturated carbocycles. The summed E-state index contributed by atoms with van der Waals surface area (Å²) in [6.07, 6.45) is 0. The summed E-state index contributed by atoms with van der Waals surface area (Å²) in [6.45, 7) is 0.137. The zero-order valence-electron chi connectivity index (χ0n) is 10.4. The van der Waals surface area contributed by atoms with Crippen LogP contribution in [0.3, 0.4) is 0 Å². The van der Waals surface area contributed by atoms with Crippen LogP contribution >= 0.6 is 31.9 Å². The number of benzodiazepines with no additional fused rings is 1. The lowest BCUT2D eigenvalue weighted by molar-refractivity contribution is -0.114. The van der Waals surface area contributed by atoms with E-state index >= 15 is 0 Å². The van der Waals surface area contributed by atoms with Gasteiger partial charge in [0.2, 0.25) is 5.91 Å². The number of hydrogen-bond acceptors (Lipinski definition) is 2. The van der Waals surface area contributed by atoms with Crippen molar-refractivity contribution in [2.24, 2.45) is 4.99 Å². The van der Waals surface area contributed by atoms with Crippen LogP contribution in [-0.4, -0.2) is 18.2 Å². The van der Waals surface area contributed by atoms with Crippen molar-refractivity contribution in [2.75, 3.05) is 11.9 Å². The van der Waals surface area contributed by atoms with E-state index in [4.69, 9.17) is 0 Å². The molecule has 1 heterocycles. The van der Waals surface area contributed by atoms with Crippen molar-refractivity contribution in [3.8, 4) is 0 Å². The smallest absolute Gasteiger partial charge is 0.246 e. The van der Waals surface area contributed by atoms with Gasteiger partial charge in [-0.1, -0.05) is 44.0 Å². The Balaban J connectivity index is 2.15. The second kappa shape index (κ2) is 5.50. The van der Waals surface area contributed by atoms with Crippen molar-refractivity contribution in [1.82, 2.24) is 0 Å². The minimum absolute atomic E-state index is 0.100. The first-order chi connectivity index (χ1) is 9.63. The van der Waals surface area contributed by atoms with Gasteiger partial charge in [0, 0.05) is 20.1 Å². The van der Waals surface area contributed by atoms with Gasteiger partial charge in [-0.3, -0.25) is 9.79 Å². The third kappa shape index (κ3) is 2.69. The molecule has 1 aliphatic heterocycles. The van der Waals surface area contributed by atoms with Crippen LogP contribution in [0.25, 0.3) is 0 Å². The first-order valence-electron chi connectivity index (χ1n) is 6.03. The summed E-state index contributed by atoms with van der Waals surface area (Å²) >= 11 is 6.85. The van der Waals surface area contributed by atoms with Gasteiger partial charge < -0.3 is 5.32 Å². The van der Waals surface area contributed by atoms with E-state index in [0.29, 0.717) is 0 Å². The first kappa shape index (κ1) is 13.5. The molecule has 1 N–H and O–H groups in total. The van der Waals surface area contributed by atoms with E-state index in [2.05, 4.69) is 42.2 Å². The van der Waals surface area contributed by atoms with Crippen molar-refractivity contribution in [2.45, 2.75) is 0 Å². The van der Waals surface area contributed by atoms with Crippen LogP contribution in [0.2, 0.25) is 0 Å². The van der Waals surface area contributed by atoms with Crippen molar-refractivity contribution in [1.29, 1.82) is 0 Å². The first-order valence-corrected chi connectivity index (χ1v) is 7.62. The molecular weight excluding hydrogens is 384 g/mol. The van der Waals surface area contributed by atoms with E-state index in [9.17, 15) is 4.79 Å². The fraction of sp³-hybridized carbons (Fsp3) is 0.0667. The number of halogens is 2. The lowest BCUT2D eigenvalue weighted by Gasteiger charge is -2.10. The van der Waals surface area contributed by atoms with Crippen molar-refractivity contribution < 1.29 is 4.79 Å². The van der Waals surface area contributed by atoms with E-state index in [0.717, 1.165) is 31.5 Å². The van der Waals surface area contributed by atoms with Crippen LogP contribution in [0.5, 0.6) is 0 Å². The molecule has 0 radical (unpaired) electrons. The average Bonchev–Trinajstić information content (AvgIpc) is 2.58. The lowest BCUT2D eigenvalue weighted by atomic mass is 10.0. The zero-order chi connectivity index (χ0) is 14.1. The molecule has 0 fully saturated rings. The molecule has 0 atom stereocenters. The molecule has 1 amide bonds. The molecule has 2 aromatic rings. The van der Waals surface area contributed by atoms with E-state index in [1.54, 1.807) is 0 Å². The summed E-state index contributed by atoms with van der Waals surface area (Å²) in [5.41, 5.74) is 3.54. The molecule has 1 aliphatic rings. The summed E-state index contributed by atoms with van der Waals surface area (Å²) in [7, 11) is 0. The van der Waals surface area contributed by atoms with E-state index in [1.165, 1.54) is 0 Å². The van der Waals surface area contributed by atoms with Gasteiger partial charge >= 0.3 is 0 Å². The highest BCUT2D eigenvalue weighted by Crippen LogP contribution is 2.26. The number of anilines is 1. The maximum Gasteiger partial charge on any atom is 0.246 e. The standard InChI is InChI=1S/C15H10Br2N2O/c16-10-3-1-9(2-4-10)15-12-6-5-11(17)7-13(12)19-14(20)8-18-15/h1-7H,8H2,(H,19,20). The van der Waals surface area contributed by atoms with Crippen molar-refractivity contribution >= 4 is 49.2 Å². The topological polar surface area (TPSA) is 41.5 Å². The van der Waals surface area contributed by atoms with Gasteiger partial charge in [0.05, 0.1) is 11.4 Å². The van der Waals surface area contributed by atoms with Gasteiger partial charge in [0.1, 0.15) is 6.54 Å². The molecule has 3 rings (SSSR count). The number of nitrogens with one attached hydrogen (secondary N) is 1. The van der Waals surface area contributed by atoms with Gasteiger partial charge in [-0.05, 0) is 30.3 Å². The highest BCUT2D eigenvalue weighted by atomic mass is 79.9. The van der Waals surface area contributed by atoms with E-state index in [1.807, 2.05) is 42.5 Å². The van der Waals surface area contributed by atoms with Crippen LogP contribution in [0, 0.1) is 0 Å². The number of benzene rings is 2. The summed E-state index contributed by atoms with van der Waals surface area (Å²) in [5.74, 6) is -0.100. The average molecular weight is 394 g/mol. The van der Waals surface area contributed by atoms with Crippen LogP contribution in [0.1, 0.15) is 11.1 Å². The number of carbonyl (C=O) groups excluding carboxylic acids is 1. The molecular formula is C15H10Br2N2O. The predicted molar refractivity (Wildman–Crippen MR) is 87.4 cm³/mol. The zero-order valence-corrected chi connectivity index (χ0v) is 13.5. The number of amides is 1. The predicted octanol–water partition coefficient (Wildman–Crippen LogP) is 4.00. The van der Waals surface area contributed by atoms with Gasteiger partial charge in [-0.2, -0.15) is 0 Å². The van der Waals surface area contributed by atoms with E-state index < -0.39 is 0 Å². The normalized spacial score (nSPS) is 14.1. The number of hydrogen-bond donors (Lipinski definition) is 1. The molecule has 0 aromatic heterocycles. The number of aliphatic imine (C=N–C) groups is 1. The summed E-state index contributed by atoms with van der Waals surface area (Å²) in [4.78, 5) is 16.2. The summed E-state index contributed by atoms with van der Waals surface area (Å²) < 4.78 is 1.94. The van der Waals surface area contributed by atoms with Gasteiger partial charge in [0.15, 0.2) is 0 Å². The SMILES string of the molecule is O=C1CN=C(c2ccc(Br)cc2)c2ccc(Br)cc2N1. The Morgan fingerprint density at radius 1 is 1.00 bits per heavy atom. The molecule has 0 spiro atoms. The van der Waals surface area contributed by atoms with Gasteiger partial charge in [-0.15, -0.1) is 0 Å². The number of carbonyl (C=O) groups is 1. The van der Waals surface area contributed by atoms with Gasteiger partial charge in [0.25, 0.3) is 0 Å². The minimum Gasteiger partial charge on any atom is -0.324 e. The molecule has 5 heteroatoms. The Kier molecular flexibility index (Phi) is 3.72. The molecule has 0 aliphatic carbocycles. The minimum atomic E-state index is -0.100. The number of fused-ring (bicyclic) bond motifs is 1. The largest absolute Gasteiger partial charge is 0.324 e. The molecule has 0 saturated heterocycles. The quantitative estimate of drug-likeness (QED) is 0.781. The Morgan fingerprint density at radius 2 is 1.70 bits per heavy atom. The molecule has 0 bridgehead atoms. The fourth-order valence-corrected chi connectivity index (χ4v) is 2.73. The molecule has 100 valence electrons. The van der Waals surface area contributed by atoms with Crippen LogP contribution < -0.4 is 5.32 Å². The Morgan fingerprint density at radius 3 is 2.45 bits per heavy atom. The summed E-state index contributed by atoms with van der Waals surface area (Å²) in [6, 6.07) is 13.7. The number of rotatable bonds is 1. The molecule has 0 unspecified atom stereocenters. The molecule has 3 nitrogen and oxygen atoms in total. The molecule has 20 heavy (non-hydrogen) atoms. The monoisotopic (exact) mass is 392 g/mol. The van der Waals surface area contributed by atoms with Crippen LogP contribution in [0.15, 0.2) is 56.4 Å². The van der Waals surface area contributed by atoms with Crippen molar-refractivity contribution in [3.63, 3.8) is 0 Å². The number of nitrogens with zero attached hydrogens (tertiary/aromatic N) is 1. The lowest BCUT2D eigenvalue weighted by Crippen LogP contribution is -2.13. The molecule has 2 aromatic carbocycles. The fourth-order valence-electron chi connectivity index (χ4n) is 2.11. The second-order valence-electron chi connectivity index (χ2n) is 4.41. The van der Waals surface area contributed by atoms with Gasteiger partial charge in [-0.25, -0.2) is 0 Å². The van der Waals surface area contributed by atoms with Crippen molar-refractivity contribution in [3.05, 3.63) is 62.5 Å². The van der Waals surface area contributed by atoms with Crippen LogP contribution in [0.4, 0.5) is 5.69 Å². The third-order valence-corrected chi connectivity index (χ3v) is 4.03. The Bertz CT molecular complexity index is 708. The highest BCUT2D eigenvalue weighted by molar-refractivity contribution is 9.10. The van der Waals surface area contributed by atoms with E-state index in [-0.39, 0.29) is 12.5 Å². The maximum atomic E-state index is 11.7. The third-order valence-electron chi connectivity index (χ3n) is 3.01.